The molecule has 0 fully saturated rings. The number of nitrogens with one attached hydrogen (secondary N) is 1. The predicted molar refractivity (Wildman–Crippen MR) is 145 cm³/mol. The maximum absolute atomic E-state index is 6.66. The van der Waals surface area contributed by atoms with Crippen molar-refractivity contribution in [3.8, 4) is 22.3 Å². The van der Waals surface area contributed by atoms with Gasteiger partial charge in [-0.05, 0) is 41.0 Å². The molecule has 7 rings (SSSR count). The first-order chi connectivity index (χ1) is 16.3. The molecule has 0 saturated carbocycles. The van der Waals surface area contributed by atoms with Gasteiger partial charge in [0.05, 0.1) is 10.2 Å². The summed E-state index contributed by atoms with van der Waals surface area (Å²) in [6.45, 7) is 0. The monoisotopic (exact) mass is 459 g/mol. The summed E-state index contributed by atoms with van der Waals surface area (Å²) in [6, 6.07) is 36.4. The van der Waals surface area contributed by atoms with Crippen molar-refractivity contribution in [3.05, 3.63) is 108 Å². The number of para-hydroxylation sites is 1. The molecule has 5 aromatic carbocycles. The topological polar surface area (TPSA) is 15.8 Å². The van der Waals surface area contributed by atoms with Crippen LogP contribution in [-0.2, 0) is 0 Å². The predicted octanol–water partition coefficient (Wildman–Crippen LogP) is 9.68. The van der Waals surface area contributed by atoms with Crippen LogP contribution < -0.4 is 0 Å². The van der Waals surface area contributed by atoms with Crippen LogP contribution in [0.3, 0.4) is 0 Å². The van der Waals surface area contributed by atoms with Crippen LogP contribution in [0.5, 0.6) is 0 Å². The van der Waals surface area contributed by atoms with E-state index in [-0.39, 0.29) is 0 Å². The number of benzene rings is 5. The van der Waals surface area contributed by atoms with Crippen molar-refractivity contribution in [1.82, 2.24) is 4.98 Å². The van der Waals surface area contributed by atoms with Crippen molar-refractivity contribution in [1.29, 1.82) is 0 Å². The number of thiophene rings is 1. The smallest absolute Gasteiger partial charge is 0.0646 e. The number of aromatic amines is 1. The molecule has 7 aromatic rings. The van der Waals surface area contributed by atoms with E-state index in [4.69, 9.17) is 11.6 Å². The molecule has 0 saturated heterocycles. The molecule has 0 bridgehead atoms. The van der Waals surface area contributed by atoms with E-state index in [0.29, 0.717) is 0 Å². The molecule has 1 N–H and O–H groups in total. The lowest BCUT2D eigenvalue weighted by atomic mass is 9.91. The maximum Gasteiger partial charge on any atom is 0.0646 e. The van der Waals surface area contributed by atoms with Gasteiger partial charge in [0.2, 0.25) is 0 Å². The van der Waals surface area contributed by atoms with Crippen LogP contribution in [-0.4, -0.2) is 4.98 Å². The van der Waals surface area contributed by atoms with E-state index in [1.165, 1.54) is 53.1 Å². The minimum absolute atomic E-state index is 0.768. The third-order valence-electron chi connectivity index (χ3n) is 6.51. The second-order valence-electron chi connectivity index (χ2n) is 8.35. The highest BCUT2D eigenvalue weighted by Crippen LogP contribution is 2.47. The molecule has 0 aliphatic carbocycles. The Kier molecular flexibility index (Phi) is 4.14. The van der Waals surface area contributed by atoms with Crippen molar-refractivity contribution in [2.75, 3.05) is 0 Å². The summed E-state index contributed by atoms with van der Waals surface area (Å²) in [5.41, 5.74) is 7.04. The van der Waals surface area contributed by atoms with Crippen LogP contribution in [0.25, 0.3) is 64.2 Å². The number of rotatable bonds is 2. The van der Waals surface area contributed by atoms with Gasteiger partial charge in [-0.3, -0.25) is 0 Å². The van der Waals surface area contributed by atoms with Crippen LogP contribution in [0, 0.1) is 0 Å². The fraction of sp³-hybridized carbons (Fsp3) is 0. The molecule has 2 aromatic heterocycles. The van der Waals surface area contributed by atoms with E-state index in [1.807, 2.05) is 23.5 Å². The van der Waals surface area contributed by atoms with E-state index in [9.17, 15) is 0 Å². The molecule has 0 aliphatic rings. The van der Waals surface area contributed by atoms with E-state index >= 15 is 0 Å². The lowest BCUT2D eigenvalue weighted by Gasteiger charge is -2.13. The van der Waals surface area contributed by atoms with Crippen molar-refractivity contribution >= 4 is 64.9 Å². The zero-order chi connectivity index (χ0) is 21.9. The molecule has 0 amide bonds. The third-order valence-corrected chi connectivity index (χ3v) is 8.03. The van der Waals surface area contributed by atoms with Gasteiger partial charge < -0.3 is 4.98 Å². The van der Waals surface area contributed by atoms with Gasteiger partial charge in [0.15, 0.2) is 0 Å². The number of aromatic nitrogens is 1. The summed E-state index contributed by atoms with van der Waals surface area (Å²) in [5, 5.41) is 5.87. The number of hydrogen-bond donors (Lipinski definition) is 1. The minimum atomic E-state index is 0.768. The Morgan fingerprint density at radius 3 is 2.03 bits per heavy atom. The Bertz CT molecular complexity index is 1840. The van der Waals surface area contributed by atoms with E-state index in [1.54, 1.807) is 0 Å². The Morgan fingerprint density at radius 1 is 0.576 bits per heavy atom. The second-order valence-corrected chi connectivity index (χ2v) is 9.80. The van der Waals surface area contributed by atoms with Crippen LogP contribution in [0.4, 0.5) is 0 Å². The van der Waals surface area contributed by atoms with E-state index in [2.05, 4.69) is 96.0 Å². The quantitative estimate of drug-likeness (QED) is 0.265. The molecule has 1 nitrogen and oxygen atoms in total. The average molecular weight is 460 g/mol. The first-order valence-electron chi connectivity index (χ1n) is 11.0. The van der Waals surface area contributed by atoms with Crippen LogP contribution in [0.2, 0.25) is 5.02 Å². The lowest BCUT2D eigenvalue weighted by molar-refractivity contribution is 1.57. The molecule has 0 spiro atoms. The standard InChI is InChI=1S/C30H18ClNS/c31-25-14-6-3-11-20(25)18-9-1-2-10-19(18)23-17-24-21-12-4-7-15-26(21)32-29(24)30-28(23)22-13-5-8-16-27(22)33-30/h1-17,32H. The number of H-pyrrole nitrogens is 1. The highest BCUT2D eigenvalue weighted by Gasteiger charge is 2.19. The van der Waals surface area contributed by atoms with Gasteiger partial charge in [0.25, 0.3) is 0 Å². The Hall–Kier alpha value is -3.59. The van der Waals surface area contributed by atoms with Crippen LogP contribution in [0.1, 0.15) is 0 Å². The molecule has 0 aliphatic heterocycles. The van der Waals surface area contributed by atoms with Gasteiger partial charge >= 0.3 is 0 Å². The highest BCUT2D eigenvalue weighted by molar-refractivity contribution is 7.26. The zero-order valence-corrected chi connectivity index (χ0v) is 19.2. The molecule has 156 valence electrons. The summed E-state index contributed by atoms with van der Waals surface area (Å²) < 4.78 is 2.60. The van der Waals surface area contributed by atoms with Crippen molar-refractivity contribution in [2.24, 2.45) is 0 Å². The molecular formula is C30H18ClNS. The SMILES string of the molecule is Clc1ccccc1-c1ccccc1-c1cc2c3ccccc3[nH]c2c2sc3ccccc3c12. The molecule has 3 heteroatoms. The molecule has 0 radical (unpaired) electrons. The van der Waals surface area contributed by atoms with Crippen molar-refractivity contribution in [3.63, 3.8) is 0 Å². The Balaban J connectivity index is 1.69. The lowest BCUT2D eigenvalue weighted by Crippen LogP contribution is -1.87. The molecule has 33 heavy (non-hydrogen) atoms. The fourth-order valence-corrected chi connectivity index (χ4v) is 6.51. The zero-order valence-electron chi connectivity index (χ0n) is 17.6. The third kappa shape index (κ3) is 2.78. The fourth-order valence-electron chi connectivity index (χ4n) is 5.04. The highest BCUT2D eigenvalue weighted by atomic mass is 35.5. The molecule has 2 heterocycles. The van der Waals surface area contributed by atoms with Gasteiger partial charge in [0.1, 0.15) is 0 Å². The van der Waals surface area contributed by atoms with Gasteiger partial charge in [-0.1, -0.05) is 90.5 Å². The number of halogens is 1. The van der Waals surface area contributed by atoms with Gasteiger partial charge in [0, 0.05) is 42.3 Å². The minimum Gasteiger partial charge on any atom is -0.353 e. The molecular weight excluding hydrogens is 442 g/mol. The van der Waals surface area contributed by atoms with Crippen LogP contribution >= 0.6 is 22.9 Å². The first kappa shape index (κ1) is 18.9. The van der Waals surface area contributed by atoms with E-state index in [0.717, 1.165) is 16.1 Å². The largest absolute Gasteiger partial charge is 0.353 e. The Morgan fingerprint density at radius 2 is 1.21 bits per heavy atom. The maximum atomic E-state index is 6.66. The van der Waals surface area contributed by atoms with Crippen molar-refractivity contribution in [2.45, 2.75) is 0 Å². The van der Waals surface area contributed by atoms with Gasteiger partial charge in [-0.2, -0.15) is 0 Å². The average Bonchev–Trinajstić information content (AvgIpc) is 3.43. The summed E-state index contributed by atoms with van der Waals surface area (Å²) in [4.78, 5) is 3.71. The molecule has 0 unspecified atom stereocenters. The summed E-state index contributed by atoms with van der Waals surface area (Å²) in [7, 11) is 0. The molecule has 0 atom stereocenters. The normalized spacial score (nSPS) is 11.8. The Labute approximate surface area is 199 Å². The second kappa shape index (κ2) is 7.21. The van der Waals surface area contributed by atoms with E-state index < -0.39 is 0 Å². The summed E-state index contributed by atoms with van der Waals surface area (Å²) in [6.07, 6.45) is 0. The summed E-state index contributed by atoms with van der Waals surface area (Å²) >= 11 is 8.53. The van der Waals surface area contributed by atoms with Crippen LogP contribution in [0.15, 0.2) is 103 Å². The number of fused-ring (bicyclic) bond motifs is 7. The first-order valence-corrected chi connectivity index (χ1v) is 12.2. The van der Waals surface area contributed by atoms with Gasteiger partial charge in [-0.15, -0.1) is 11.3 Å². The van der Waals surface area contributed by atoms with Crippen molar-refractivity contribution < 1.29 is 0 Å². The van der Waals surface area contributed by atoms with Gasteiger partial charge in [-0.25, -0.2) is 0 Å². The summed E-state index contributed by atoms with van der Waals surface area (Å²) in [5.74, 6) is 0. The number of hydrogen-bond acceptors (Lipinski definition) is 1.